The Kier molecular flexibility index (Phi) is 4.70. The highest BCUT2D eigenvalue weighted by Gasteiger charge is 2.30. The van der Waals surface area contributed by atoms with Crippen molar-refractivity contribution in [1.29, 1.82) is 0 Å². The molecule has 0 spiro atoms. The van der Waals surface area contributed by atoms with Crippen LogP contribution >= 0.6 is 0 Å². The molecule has 0 radical (unpaired) electrons. The van der Waals surface area contributed by atoms with E-state index in [4.69, 9.17) is 0 Å². The molecule has 3 heterocycles. The third kappa shape index (κ3) is 3.54. The predicted octanol–water partition coefficient (Wildman–Crippen LogP) is 3.56. The van der Waals surface area contributed by atoms with E-state index in [1.165, 1.54) is 12.1 Å². The van der Waals surface area contributed by atoms with Gasteiger partial charge in [-0.3, -0.25) is 4.68 Å². The van der Waals surface area contributed by atoms with Gasteiger partial charge in [0.15, 0.2) is 5.82 Å². The number of halogens is 3. The first-order chi connectivity index (χ1) is 13.3. The molecule has 2 aromatic heterocycles. The highest BCUT2D eigenvalue weighted by molar-refractivity contribution is 5.97. The zero-order valence-corrected chi connectivity index (χ0v) is 15.7. The number of rotatable bonds is 3. The van der Waals surface area contributed by atoms with Gasteiger partial charge in [0.2, 0.25) is 0 Å². The summed E-state index contributed by atoms with van der Waals surface area (Å²) in [7, 11) is 3.88. The molecule has 1 saturated heterocycles. The van der Waals surface area contributed by atoms with Crippen LogP contribution in [-0.2, 0) is 13.2 Å². The number of nitrogens with one attached hydrogen (secondary N) is 1. The minimum Gasteiger partial charge on any atom is -0.364 e. The molecule has 3 aromatic rings. The van der Waals surface area contributed by atoms with Gasteiger partial charge in [-0.25, -0.2) is 0 Å². The van der Waals surface area contributed by atoms with E-state index < -0.39 is 11.7 Å². The summed E-state index contributed by atoms with van der Waals surface area (Å²) < 4.78 is 40.2. The first-order valence-electron chi connectivity index (χ1n) is 9.14. The minimum absolute atomic E-state index is 0.272. The topological polar surface area (TPSA) is 58.9 Å². The summed E-state index contributed by atoms with van der Waals surface area (Å²) in [6, 6.07) is 5.23. The Labute approximate surface area is 160 Å². The molecule has 4 rings (SSSR count). The number of fused-ring (bicyclic) bond motifs is 1. The van der Waals surface area contributed by atoms with Crippen LogP contribution in [0.25, 0.3) is 22.2 Å². The third-order valence-electron chi connectivity index (χ3n) is 5.12. The molecule has 1 aromatic carbocycles. The SMILES string of the molecule is CN1CCC[C@@H](Nc2nnc(-c3ccc(C(F)(F)F)cc3)c3c2cnn3C)C1. The van der Waals surface area contributed by atoms with Gasteiger partial charge in [0.05, 0.1) is 22.7 Å². The number of anilines is 1. The molecular weight excluding hydrogens is 369 g/mol. The molecule has 0 amide bonds. The number of hydrogen-bond acceptors (Lipinski definition) is 5. The molecule has 9 heteroatoms. The Morgan fingerprint density at radius 2 is 1.86 bits per heavy atom. The van der Waals surface area contributed by atoms with Crippen molar-refractivity contribution in [1.82, 2.24) is 24.9 Å². The summed E-state index contributed by atoms with van der Waals surface area (Å²) in [5.41, 5.74) is 1.12. The number of piperidine rings is 1. The quantitative estimate of drug-likeness (QED) is 0.741. The molecule has 28 heavy (non-hydrogen) atoms. The molecule has 0 unspecified atom stereocenters. The lowest BCUT2D eigenvalue weighted by molar-refractivity contribution is -0.137. The van der Waals surface area contributed by atoms with Gasteiger partial charge < -0.3 is 10.2 Å². The maximum atomic E-state index is 12.8. The second-order valence-corrected chi connectivity index (χ2v) is 7.25. The first-order valence-corrected chi connectivity index (χ1v) is 9.14. The zero-order chi connectivity index (χ0) is 19.9. The molecular formula is C19H21F3N6. The molecule has 0 saturated carbocycles. The van der Waals surface area contributed by atoms with Crippen LogP contribution in [-0.4, -0.2) is 51.1 Å². The second kappa shape index (κ2) is 7.05. The summed E-state index contributed by atoms with van der Waals surface area (Å²) in [4.78, 5) is 2.27. The Hall–Kier alpha value is -2.68. The summed E-state index contributed by atoms with van der Waals surface area (Å²) in [5, 5.41) is 17.2. The van der Waals surface area contributed by atoms with E-state index in [9.17, 15) is 13.2 Å². The molecule has 6 nitrogen and oxygen atoms in total. The van der Waals surface area contributed by atoms with Crippen molar-refractivity contribution in [2.75, 3.05) is 25.5 Å². The Morgan fingerprint density at radius 3 is 2.54 bits per heavy atom. The number of benzene rings is 1. The van der Waals surface area contributed by atoms with Gasteiger partial charge in [-0.05, 0) is 38.6 Å². The second-order valence-electron chi connectivity index (χ2n) is 7.25. The monoisotopic (exact) mass is 390 g/mol. The molecule has 1 atom stereocenters. The molecule has 1 fully saturated rings. The van der Waals surface area contributed by atoms with E-state index in [0.717, 1.165) is 49.0 Å². The normalized spacial score (nSPS) is 18.5. The smallest absolute Gasteiger partial charge is 0.364 e. The molecule has 1 aliphatic rings. The van der Waals surface area contributed by atoms with Crippen molar-refractivity contribution in [2.24, 2.45) is 7.05 Å². The number of alkyl halides is 3. The highest BCUT2D eigenvalue weighted by Crippen LogP contribution is 2.33. The Bertz CT molecular complexity index is 980. The van der Waals surface area contributed by atoms with Crippen LogP contribution in [0.5, 0.6) is 0 Å². The molecule has 0 bridgehead atoms. The molecule has 0 aliphatic carbocycles. The van der Waals surface area contributed by atoms with Gasteiger partial charge in [-0.1, -0.05) is 12.1 Å². The van der Waals surface area contributed by atoms with Crippen molar-refractivity contribution in [3.05, 3.63) is 36.0 Å². The maximum absolute atomic E-state index is 12.8. The van der Waals surface area contributed by atoms with Gasteiger partial charge >= 0.3 is 6.18 Å². The molecule has 1 N–H and O–H groups in total. The largest absolute Gasteiger partial charge is 0.416 e. The lowest BCUT2D eigenvalue weighted by atomic mass is 10.1. The fourth-order valence-electron chi connectivity index (χ4n) is 3.69. The van der Waals surface area contributed by atoms with E-state index in [1.54, 1.807) is 17.9 Å². The van der Waals surface area contributed by atoms with Gasteiger partial charge in [-0.2, -0.15) is 18.3 Å². The van der Waals surface area contributed by atoms with E-state index in [0.29, 0.717) is 17.1 Å². The average Bonchev–Trinajstić information content (AvgIpc) is 3.04. The van der Waals surface area contributed by atoms with Crippen LogP contribution in [0.4, 0.5) is 19.0 Å². The fourth-order valence-corrected chi connectivity index (χ4v) is 3.69. The van der Waals surface area contributed by atoms with Crippen LogP contribution in [0.1, 0.15) is 18.4 Å². The van der Waals surface area contributed by atoms with E-state index in [-0.39, 0.29) is 6.04 Å². The van der Waals surface area contributed by atoms with Gasteiger partial charge in [0, 0.05) is 25.2 Å². The van der Waals surface area contributed by atoms with E-state index >= 15 is 0 Å². The number of hydrogen-bond donors (Lipinski definition) is 1. The number of aromatic nitrogens is 4. The van der Waals surface area contributed by atoms with Crippen LogP contribution in [0.15, 0.2) is 30.5 Å². The highest BCUT2D eigenvalue weighted by atomic mass is 19.4. The van der Waals surface area contributed by atoms with Gasteiger partial charge in [0.25, 0.3) is 0 Å². The van der Waals surface area contributed by atoms with Crippen LogP contribution < -0.4 is 5.32 Å². The standard InChI is InChI=1S/C19H21F3N6/c1-27-9-3-4-14(11-27)24-18-15-10-23-28(2)17(15)16(25-26-18)12-5-7-13(8-6-12)19(20,21)22/h5-8,10,14H,3-4,9,11H2,1-2H3,(H,24,26)/t14-/m1/s1. The number of likely N-dealkylation sites (tertiary alicyclic amines) is 1. The van der Waals surface area contributed by atoms with Crippen molar-refractivity contribution >= 4 is 16.7 Å². The number of likely N-dealkylation sites (N-methyl/N-ethyl adjacent to an activating group) is 1. The van der Waals surface area contributed by atoms with Crippen LogP contribution in [0.3, 0.4) is 0 Å². The molecule has 148 valence electrons. The zero-order valence-electron chi connectivity index (χ0n) is 15.7. The van der Waals surface area contributed by atoms with E-state index in [2.05, 4.69) is 32.6 Å². The average molecular weight is 390 g/mol. The summed E-state index contributed by atoms with van der Waals surface area (Å²) in [6.07, 6.45) is -0.491. The Morgan fingerprint density at radius 1 is 1.11 bits per heavy atom. The lowest BCUT2D eigenvalue weighted by Crippen LogP contribution is -2.40. The fraction of sp³-hybridized carbons (Fsp3) is 0.421. The van der Waals surface area contributed by atoms with Crippen LogP contribution in [0, 0.1) is 0 Å². The first kappa shape index (κ1) is 18.7. The van der Waals surface area contributed by atoms with Crippen LogP contribution in [0.2, 0.25) is 0 Å². The van der Waals surface area contributed by atoms with Crippen molar-refractivity contribution in [2.45, 2.75) is 25.1 Å². The van der Waals surface area contributed by atoms with Crippen molar-refractivity contribution in [3.63, 3.8) is 0 Å². The molecule has 1 aliphatic heterocycles. The van der Waals surface area contributed by atoms with Crippen molar-refractivity contribution < 1.29 is 13.2 Å². The van der Waals surface area contributed by atoms with E-state index in [1.807, 2.05) is 0 Å². The summed E-state index contributed by atoms with van der Waals surface area (Å²) >= 11 is 0. The number of aryl methyl sites for hydroxylation is 1. The predicted molar refractivity (Wildman–Crippen MR) is 101 cm³/mol. The third-order valence-corrected chi connectivity index (χ3v) is 5.12. The summed E-state index contributed by atoms with van der Waals surface area (Å²) in [6.45, 7) is 2.00. The maximum Gasteiger partial charge on any atom is 0.416 e. The number of nitrogens with zero attached hydrogens (tertiary/aromatic N) is 5. The van der Waals surface area contributed by atoms with Gasteiger partial charge in [-0.15, -0.1) is 10.2 Å². The van der Waals surface area contributed by atoms with Crippen molar-refractivity contribution in [3.8, 4) is 11.3 Å². The van der Waals surface area contributed by atoms with Gasteiger partial charge in [0.1, 0.15) is 5.69 Å². The lowest BCUT2D eigenvalue weighted by Gasteiger charge is -2.30. The summed E-state index contributed by atoms with van der Waals surface area (Å²) in [5.74, 6) is 0.652. The minimum atomic E-state index is -4.37. The Balaban J connectivity index is 1.70.